The topological polar surface area (TPSA) is 81.3 Å². The minimum Gasteiger partial charge on any atom is -0.497 e. The Bertz CT molecular complexity index is 638. The van der Waals surface area contributed by atoms with Gasteiger partial charge in [0.1, 0.15) is 5.75 Å². The number of fused-ring (bicyclic) bond motifs is 1. The lowest BCUT2D eigenvalue weighted by Crippen LogP contribution is -2.19. The molecule has 0 amide bonds. The Hall–Kier alpha value is -2.02. The molecule has 2 rings (SSSR count). The number of aromatic amines is 1. The number of esters is 1. The molecule has 0 saturated heterocycles. The maximum atomic E-state index is 11.5. The molecule has 7 heteroatoms. The minimum atomic E-state index is -0.808. The number of benzene rings is 1. The molecule has 6 nitrogen and oxygen atoms in total. The van der Waals surface area contributed by atoms with E-state index in [1.165, 1.54) is 0 Å². The number of ether oxygens (including phenoxy) is 2. The summed E-state index contributed by atoms with van der Waals surface area (Å²) in [7, 11) is 1.59. The van der Waals surface area contributed by atoms with Crippen LogP contribution < -0.4 is 4.74 Å². The summed E-state index contributed by atoms with van der Waals surface area (Å²) in [6.07, 6.45) is 0. The Labute approximate surface area is 119 Å². The first-order chi connectivity index (χ1) is 9.63. The number of hydrogen-bond donors (Lipinski definition) is 1. The number of carbonyl (C=O) groups is 2. The van der Waals surface area contributed by atoms with Crippen molar-refractivity contribution in [3.63, 3.8) is 0 Å². The summed E-state index contributed by atoms with van der Waals surface area (Å²) in [4.78, 5) is 30.0. The van der Waals surface area contributed by atoms with E-state index in [9.17, 15) is 9.59 Å². The first-order valence-corrected chi connectivity index (χ1v) is 6.99. The van der Waals surface area contributed by atoms with Crippen molar-refractivity contribution in [2.45, 2.75) is 12.1 Å². The molecule has 0 aliphatic rings. The van der Waals surface area contributed by atoms with E-state index in [0.29, 0.717) is 5.16 Å². The second-order valence-electron chi connectivity index (χ2n) is 3.86. The molecule has 0 radical (unpaired) electrons. The molecule has 0 saturated carbocycles. The van der Waals surface area contributed by atoms with Gasteiger partial charge in [0.25, 0.3) is 0 Å². The van der Waals surface area contributed by atoms with E-state index in [1.54, 1.807) is 20.1 Å². The van der Waals surface area contributed by atoms with Gasteiger partial charge in [0.2, 0.25) is 5.78 Å². The summed E-state index contributed by atoms with van der Waals surface area (Å²) >= 11 is 1.16. The zero-order chi connectivity index (χ0) is 14.5. The zero-order valence-corrected chi connectivity index (χ0v) is 12.0. The van der Waals surface area contributed by atoms with Gasteiger partial charge < -0.3 is 14.5 Å². The summed E-state index contributed by atoms with van der Waals surface area (Å²) in [6, 6.07) is 5.45. The molecule has 1 heterocycles. The number of hydrogen-bond acceptors (Lipinski definition) is 6. The maximum absolute atomic E-state index is 11.5. The Morgan fingerprint density at radius 3 is 2.90 bits per heavy atom. The SMILES string of the molecule is CCOC(=O)C(=O)CSc1nc2ccc(OC)cc2[nH]1. The van der Waals surface area contributed by atoms with Crippen molar-refractivity contribution >= 4 is 34.5 Å². The summed E-state index contributed by atoms with van der Waals surface area (Å²) in [5.41, 5.74) is 1.59. The van der Waals surface area contributed by atoms with Gasteiger partial charge in [0, 0.05) is 6.07 Å². The van der Waals surface area contributed by atoms with E-state index in [-0.39, 0.29) is 12.4 Å². The van der Waals surface area contributed by atoms with Crippen molar-refractivity contribution in [3.05, 3.63) is 18.2 Å². The van der Waals surface area contributed by atoms with Crippen LogP contribution in [0.15, 0.2) is 23.4 Å². The van der Waals surface area contributed by atoms with Crippen molar-refractivity contribution in [1.29, 1.82) is 0 Å². The molecule has 0 aliphatic carbocycles. The normalized spacial score (nSPS) is 10.5. The van der Waals surface area contributed by atoms with Crippen molar-refractivity contribution in [2.75, 3.05) is 19.5 Å². The predicted molar refractivity (Wildman–Crippen MR) is 75.0 cm³/mol. The summed E-state index contributed by atoms with van der Waals surface area (Å²) in [5, 5.41) is 0.575. The van der Waals surface area contributed by atoms with Gasteiger partial charge in [-0.1, -0.05) is 11.8 Å². The number of nitrogens with zero attached hydrogens (tertiary/aromatic N) is 1. The van der Waals surface area contributed by atoms with Crippen molar-refractivity contribution < 1.29 is 19.1 Å². The van der Waals surface area contributed by atoms with Crippen molar-refractivity contribution in [2.24, 2.45) is 0 Å². The third-order valence-corrected chi connectivity index (χ3v) is 3.38. The Balaban J connectivity index is 2.03. The molecule has 1 N–H and O–H groups in total. The average Bonchev–Trinajstić information content (AvgIpc) is 2.86. The standard InChI is InChI=1S/C13H14N2O4S/c1-3-19-12(17)11(16)7-20-13-14-9-5-4-8(18-2)6-10(9)15-13/h4-6H,3,7H2,1-2H3,(H,14,15). The van der Waals surface area contributed by atoms with Gasteiger partial charge >= 0.3 is 5.97 Å². The van der Waals surface area contributed by atoms with Crippen LogP contribution >= 0.6 is 11.8 Å². The van der Waals surface area contributed by atoms with Crippen LogP contribution in [0.25, 0.3) is 11.0 Å². The molecular weight excluding hydrogens is 280 g/mol. The van der Waals surface area contributed by atoms with E-state index in [2.05, 4.69) is 14.7 Å². The quantitative estimate of drug-likeness (QED) is 0.497. The van der Waals surface area contributed by atoms with E-state index in [0.717, 1.165) is 28.5 Å². The molecule has 0 bridgehead atoms. The average molecular weight is 294 g/mol. The van der Waals surface area contributed by atoms with Crippen LogP contribution in [0.5, 0.6) is 5.75 Å². The largest absolute Gasteiger partial charge is 0.497 e. The second-order valence-corrected chi connectivity index (χ2v) is 4.82. The van der Waals surface area contributed by atoms with Crippen LogP contribution in [0.2, 0.25) is 0 Å². The molecule has 0 unspecified atom stereocenters. The summed E-state index contributed by atoms with van der Waals surface area (Å²) < 4.78 is 9.75. The lowest BCUT2D eigenvalue weighted by atomic mass is 10.3. The number of Topliss-reactive ketones (excluding diaryl/α,β-unsaturated/α-hetero) is 1. The Morgan fingerprint density at radius 1 is 1.40 bits per heavy atom. The number of thioether (sulfide) groups is 1. The van der Waals surface area contributed by atoms with Gasteiger partial charge in [-0.05, 0) is 19.1 Å². The molecule has 0 fully saturated rings. The highest BCUT2D eigenvalue weighted by molar-refractivity contribution is 7.99. The highest BCUT2D eigenvalue weighted by Gasteiger charge is 2.16. The maximum Gasteiger partial charge on any atom is 0.375 e. The van der Waals surface area contributed by atoms with Gasteiger partial charge in [-0.15, -0.1) is 0 Å². The minimum absolute atomic E-state index is 0.00418. The molecule has 0 spiro atoms. The van der Waals surface area contributed by atoms with Gasteiger partial charge in [-0.3, -0.25) is 4.79 Å². The van der Waals surface area contributed by atoms with E-state index in [1.807, 2.05) is 12.1 Å². The molecule has 0 atom stereocenters. The van der Waals surface area contributed by atoms with Gasteiger partial charge in [0.15, 0.2) is 5.16 Å². The fraction of sp³-hybridized carbons (Fsp3) is 0.308. The number of methoxy groups -OCH3 is 1. The van der Waals surface area contributed by atoms with Gasteiger partial charge in [-0.25, -0.2) is 9.78 Å². The molecule has 106 valence electrons. The number of rotatable bonds is 6. The lowest BCUT2D eigenvalue weighted by Gasteiger charge is -1.98. The molecular formula is C13H14N2O4S. The number of imidazole rings is 1. The number of nitrogens with one attached hydrogen (secondary N) is 1. The van der Waals surface area contributed by atoms with Crippen molar-refractivity contribution in [1.82, 2.24) is 9.97 Å². The predicted octanol–water partition coefficient (Wildman–Crippen LogP) is 1.80. The number of ketones is 1. The van der Waals surface area contributed by atoms with Crippen LogP contribution in [0.4, 0.5) is 0 Å². The number of carbonyl (C=O) groups excluding carboxylic acids is 2. The van der Waals surface area contributed by atoms with Crippen LogP contribution in [-0.2, 0) is 14.3 Å². The third kappa shape index (κ3) is 3.30. The monoisotopic (exact) mass is 294 g/mol. The zero-order valence-electron chi connectivity index (χ0n) is 11.1. The van der Waals surface area contributed by atoms with Crippen molar-refractivity contribution in [3.8, 4) is 5.75 Å². The smallest absolute Gasteiger partial charge is 0.375 e. The number of aromatic nitrogens is 2. The molecule has 0 aliphatic heterocycles. The van der Waals surface area contributed by atoms with E-state index in [4.69, 9.17) is 4.74 Å². The third-order valence-electron chi connectivity index (χ3n) is 2.51. The van der Waals surface area contributed by atoms with Crippen LogP contribution in [0, 0.1) is 0 Å². The van der Waals surface area contributed by atoms with Crippen LogP contribution in [0.3, 0.4) is 0 Å². The molecule has 1 aromatic carbocycles. The molecule has 20 heavy (non-hydrogen) atoms. The van der Waals surface area contributed by atoms with Crippen LogP contribution in [-0.4, -0.2) is 41.2 Å². The number of H-pyrrole nitrogens is 1. The first-order valence-electron chi connectivity index (χ1n) is 6.00. The Kier molecular flexibility index (Phi) is 4.62. The van der Waals surface area contributed by atoms with Gasteiger partial charge in [0.05, 0.1) is 30.5 Å². The molecule has 2 aromatic rings. The van der Waals surface area contributed by atoms with Crippen LogP contribution in [0.1, 0.15) is 6.92 Å². The summed E-state index contributed by atoms with van der Waals surface area (Å²) in [6.45, 7) is 1.85. The lowest BCUT2D eigenvalue weighted by molar-refractivity contribution is -0.152. The fourth-order valence-electron chi connectivity index (χ4n) is 1.57. The highest BCUT2D eigenvalue weighted by atomic mass is 32.2. The fourth-order valence-corrected chi connectivity index (χ4v) is 2.30. The van der Waals surface area contributed by atoms with E-state index >= 15 is 0 Å². The molecule has 1 aromatic heterocycles. The van der Waals surface area contributed by atoms with E-state index < -0.39 is 11.8 Å². The van der Waals surface area contributed by atoms with Gasteiger partial charge in [-0.2, -0.15) is 0 Å². The first kappa shape index (κ1) is 14.4. The Morgan fingerprint density at radius 2 is 2.20 bits per heavy atom. The highest BCUT2D eigenvalue weighted by Crippen LogP contribution is 2.23. The summed E-state index contributed by atoms with van der Waals surface area (Å²) in [5.74, 6) is -0.663. The second kappa shape index (κ2) is 6.42.